The minimum absolute atomic E-state index is 0. The number of fused-ring (bicyclic) bond motifs is 5. The normalized spacial score (nSPS) is 43.1. The number of carbonyl (C=O) groups is 2. The molecule has 3 aliphatic rings. The van der Waals surface area contributed by atoms with Gasteiger partial charge in [-0.3, -0.25) is 14.8 Å². The molecule has 4 atom stereocenters. The van der Waals surface area contributed by atoms with Crippen LogP contribution in [0.1, 0.15) is 0 Å². The second-order valence-electron chi connectivity index (χ2n) is 3.49. The van der Waals surface area contributed by atoms with E-state index in [9.17, 15) is 9.59 Å². The van der Waals surface area contributed by atoms with Gasteiger partial charge in [0.25, 0.3) is 11.8 Å². The standard InChI is InChI=1S/C8H7NO4.H2O/c10-7-5-3-1-2-4(13-3)6(5)8(11)9(7)12;/h1-6,12H;1H2. The van der Waals surface area contributed by atoms with Crippen LogP contribution in [0.4, 0.5) is 0 Å². The first kappa shape index (κ1) is 9.32. The van der Waals surface area contributed by atoms with E-state index in [2.05, 4.69) is 0 Å². The highest BCUT2D eigenvalue weighted by atomic mass is 16.5. The molecule has 3 aliphatic heterocycles. The van der Waals surface area contributed by atoms with Crippen LogP contribution >= 0.6 is 0 Å². The first-order valence-electron chi connectivity index (χ1n) is 4.10. The molecule has 0 aliphatic carbocycles. The first-order valence-corrected chi connectivity index (χ1v) is 4.10. The third kappa shape index (κ3) is 0.802. The summed E-state index contributed by atoms with van der Waals surface area (Å²) in [6.07, 6.45) is 2.92. The maximum Gasteiger partial charge on any atom is 0.260 e. The molecule has 4 unspecified atom stereocenters. The summed E-state index contributed by atoms with van der Waals surface area (Å²) in [6.45, 7) is 0. The maximum atomic E-state index is 11.3. The molecule has 6 nitrogen and oxygen atoms in total. The minimum atomic E-state index is -0.535. The molecule has 2 amide bonds. The van der Waals surface area contributed by atoms with Crippen molar-refractivity contribution in [2.75, 3.05) is 0 Å². The van der Waals surface area contributed by atoms with Gasteiger partial charge in [-0.1, -0.05) is 12.2 Å². The number of amides is 2. The van der Waals surface area contributed by atoms with Crippen LogP contribution in [0.25, 0.3) is 0 Å². The van der Waals surface area contributed by atoms with E-state index in [1.165, 1.54) is 0 Å². The lowest BCUT2D eigenvalue weighted by Crippen LogP contribution is -2.31. The van der Waals surface area contributed by atoms with Crippen molar-refractivity contribution in [3.05, 3.63) is 12.2 Å². The summed E-state index contributed by atoms with van der Waals surface area (Å²) in [4.78, 5) is 22.7. The maximum absolute atomic E-state index is 11.3. The molecule has 0 saturated carbocycles. The second-order valence-corrected chi connectivity index (χ2v) is 3.49. The topological polar surface area (TPSA) is 98.3 Å². The highest BCUT2D eigenvalue weighted by Gasteiger charge is 2.60. The largest absolute Gasteiger partial charge is 0.412 e. The Bertz CT molecular complexity index is 309. The van der Waals surface area contributed by atoms with E-state index in [0.717, 1.165) is 0 Å². The minimum Gasteiger partial charge on any atom is -0.412 e. The molecule has 3 rings (SSSR count). The van der Waals surface area contributed by atoms with Gasteiger partial charge in [-0.2, -0.15) is 5.06 Å². The third-order valence-corrected chi connectivity index (χ3v) is 2.89. The number of hydrogen-bond acceptors (Lipinski definition) is 4. The summed E-state index contributed by atoms with van der Waals surface area (Å²) >= 11 is 0. The summed E-state index contributed by atoms with van der Waals surface area (Å²) in [5.74, 6) is -2.06. The average molecular weight is 199 g/mol. The van der Waals surface area contributed by atoms with E-state index in [0.29, 0.717) is 0 Å². The van der Waals surface area contributed by atoms with Crippen molar-refractivity contribution in [2.45, 2.75) is 12.2 Å². The Morgan fingerprint density at radius 3 is 2.00 bits per heavy atom. The van der Waals surface area contributed by atoms with Gasteiger partial charge < -0.3 is 10.2 Å². The molecule has 6 heteroatoms. The van der Waals surface area contributed by atoms with Gasteiger partial charge in [-0.25, -0.2) is 0 Å². The Morgan fingerprint density at radius 2 is 1.57 bits per heavy atom. The molecular weight excluding hydrogens is 190 g/mol. The van der Waals surface area contributed by atoms with E-state index >= 15 is 0 Å². The number of ether oxygens (including phenoxy) is 1. The Balaban J connectivity index is 0.000000750. The zero-order valence-corrected chi connectivity index (χ0v) is 7.08. The lowest BCUT2D eigenvalue weighted by atomic mass is 9.85. The van der Waals surface area contributed by atoms with Gasteiger partial charge in [0, 0.05) is 0 Å². The second kappa shape index (κ2) is 2.63. The molecular formula is C8H9NO5. The lowest BCUT2D eigenvalue weighted by molar-refractivity contribution is -0.175. The van der Waals surface area contributed by atoms with Crippen LogP contribution in [0.3, 0.4) is 0 Å². The molecule has 0 radical (unpaired) electrons. The van der Waals surface area contributed by atoms with Crippen molar-refractivity contribution in [1.29, 1.82) is 0 Å². The number of nitrogens with zero attached hydrogens (tertiary/aromatic N) is 1. The van der Waals surface area contributed by atoms with Gasteiger partial charge in [0.1, 0.15) is 0 Å². The Morgan fingerprint density at radius 1 is 1.14 bits per heavy atom. The molecule has 0 aromatic heterocycles. The fourth-order valence-corrected chi connectivity index (χ4v) is 2.29. The van der Waals surface area contributed by atoms with Crippen molar-refractivity contribution in [2.24, 2.45) is 11.8 Å². The van der Waals surface area contributed by atoms with Crippen LogP contribution in [0.2, 0.25) is 0 Å². The summed E-state index contributed by atoms with van der Waals surface area (Å²) in [6, 6.07) is 0. The molecule has 2 fully saturated rings. The number of imide groups is 1. The van der Waals surface area contributed by atoms with Crippen LogP contribution in [0, 0.1) is 11.8 Å². The molecule has 3 N–H and O–H groups in total. The smallest absolute Gasteiger partial charge is 0.260 e. The van der Waals surface area contributed by atoms with E-state index in [1.54, 1.807) is 12.2 Å². The molecule has 2 bridgehead atoms. The van der Waals surface area contributed by atoms with Crippen LogP contribution in [-0.4, -0.2) is 39.8 Å². The molecule has 2 saturated heterocycles. The van der Waals surface area contributed by atoms with Gasteiger partial charge in [0.05, 0.1) is 24.0 Å². The highest BCUT2D eigenvalue weighted by Crippen LogP contribution is 2.44. The molecule has 14 heavy (non-hydrogen) atoms. The number of carbonyl (C=O) groups excluding carboxylic acids is 2. The zero-order valence-electron chi connectivity index (χ0n) is 7.08. The van der Waals surface area contributed by atoms with Crippen molar-refractivity contribution >= 4 is 11.8 Å². The summed E-state index contributed by atoms with van der Waals surface area (Å²) in [5.41, 5.74) is 0. The van der Waals surface area contributed by atoms with Gasteiger partial charge >= 0.3 is 0 Å². The van der Waals surface area contributed by atoms with E-state index in [-0.39, 0.29) is 22.7 Å². The molecule has 76 valence electrons. The molecule has 0 aromatic rings. The quantitative estimate of drug-likeness (QED) is 0.291. The van der Waals surface area contributed by atoms with Crippen LogP contribution in [0.15, 0.2) is 12.2 Å². The molecule has 0 spiro atoms. The van der Waals surface area contributed by atoms with Gasteiger partial charge in [-0.15, -0.1) is 0 Å². The van der Waals surface area contributed by atoms with Gasteiger partial charge in [-0.05, 0) is 0 Å². The Labute approximate surface area is 79.0 Å². The Kier molecular flexibility index (Phi) is 1.75. The van der Waals surface area contributed by atoms with Crippen molar-refractivity contribution in [3.8, 4) is 0 Å². The predicted molar refractivity (Wildman–Crippen MR) is 42.0 cm³/mol. The van der Waals surface area contributed by atoms with E-state index < -0.39 is 23.7 Å². The lowest BCUT2D eigenvalue weighted by Gasteiger charge is -2.09. The Hall–Kier alpha value is -1.24. The average Bonchev–Trinajstić information content (AvgIpc) is 2.76. The summed E-state index contributed by atoms with van der Waals surface area (Å²) < 4.78 is 5.34. The van der Waals surface area contributed by atoms with Gasteiger partial charge in [0.15, 0.2) is 0 Å². The van der Waals surface area contributed by atoms with Crippen LogP contribution in [-0.2, 0) is 14.3 Å². The van der Waals surface area contributed by atoms with Crippen LogP contribution in [0.5, 0.6) is 0 Å². The third-order valence-electron chi connectivity index (χ3n) is 2.89. The van der Waals surface area contributed by atoms with Gasteiger partial charge in [0.2, 0.25) is 0 Å². The van der Waals surface area contributed by atoms with Crippen molar-refractivity contribution in [3.63, 3.8) is 0 Å². The van der Waals surface area contributed by atoms with Crippen LogP contribution < -0.4 is 0 Å². The predicted octanol–water partition coefficient (Wildman–Crippen LogP) is -1.51. The van der Waals surface area contributed by atoms with Crippen molar-refractivity contribution < 1.29 is 25.0 Å². The highest BCUT2D eigenvalue weighted by molar-refractivity contribution is 6.05. The molecule has 0 aromatic carbocycles. The first-order chi connectivity index (χ1) is 6.20. The zero-order chi connectivity index (χ0) is 9.16. The van der Waals surface area contributed by atoms with E-state index in [1.807, 2.05) is 0 Å². The monoisotopic (exact) mass is 199 g/mol. The fraction of sp³-hybridized carbons (Fsp3) is 0.500. The number of hydroxylamine groups is 2. The fourth-order valence-electron chi connectivity index (χ4n) is 2.29. The van der Waals surface area contributed by atoms with E-state index in [4.69, 9.17) is 9.94 Å². The summed E-state index contributed by atoms with van der Waals surface area (Å²) in [5, 5.41) is 9.31. The number of rotatable bonds is 0. The summed E-state index contributed by atoms with van der Waals surface area (Å²) in [7, 11) is 0. The SMILES string of the molecule is O.O=C1C2C3C=CC(O3)C2C(=O)N1O. The van der Waals surface area contributed by atoms with Crippen molar-refractivity contribution in [1.82, 2.24) is 5.06 Å². The molecule has 3 heterocycles. The number of hydrogen-bond donors (Lipinski definition) is 1.